The number of hydrogen-bond donors (Lipinski definition) is 2. The van der Waals surface area contributed by atoms with E-state index >= 15 is 0 Å². The molecule has 0 amide bonds. The topological polar surface area (TPSA) is 47.3 Å². The standard InChI is InChI=1S/C11H14N2OSe/c12-11-13(6-7-15-11)8-10(14)9-4-2-1-3-5-9/h1-5,10,12,14H,6-8H2. The van der Waals surface area contributed by atoms with Gasteiger partial charge in [-0.05, 0) is 0 Å². The van der Waals surface area contributed by atoms with Gasteiger partial charge in [-0.2, -0.15) is 0 Å². The van der Waals surface area contributed by atoms with Crippen LogP contribution < -0.4 is 0 Å². The van der Waals surface area contributed by atoms with Gasteiger partial charge < -0.3 is 0 Å². The van der Waals surface area contributed by atoms with Gasteiger partial charge in [-0.1, -0.05) is 0 Å². The summed E-state index contributed by atoms with van der Waals surface area (Å²) in [6, 6.07) is 9.65. The molecule has 0 saturated carbocycles. The minimum absolute atomic E-state index is 0.330. The van der Waals surface area contributed by atoms with Crippen LogP contribution in [-0.4, -0.2) is 42.8 Å². The fraction of sp³-hybridized carbons (Fsp3) is 0.364. The summed E-state index contributed by atoms with van der Waals surface area (Å²) in [4.78, 5) is 1.98. The maximum absolute atomic E-state index is 9.97. The van der Waals surface area contributed by atoms with E-state index in [1.807, 2.05) is 35.2 Å². The van der Waals surface area contributed by atoms with Gasteiger partial charge >= 0.3 is 95.5 Å². The molecule has 15 heavy (non-hydrogen) atoms. The maximum atomic E-state index is 9.97. The fourth-order valence-electron chi connectivity index (χ4n) is 1.61. The van der Waals surface area contributed by atoms with Crippen molar-refractivity contribution in [3.05, 3.63) is 35.9 Å². The molecule has 1 saturated heterocycles. The Bertz CT molecular complexity index is 342. The van der Waals surface area contributed by atoms with E-state index in [9.17, 15) is 5.11 Å². The van der Waals surface area contributed by atoms with Gasteiger partial charge in [0, 0.05) is 0 Å². The van der Waals surface area contributed by atoms with E-state index in [0.29, 0.717) is 21.5 Å². The van der Waals surface area contributed by atoms with Crippen LogP contribution in [0.5, 0.6) is 0 Å². The van der Waals surface area contributed by atoms with Crippen LogP contribution >= 0.6 is 0 Å². The average Bonchev–Trinajstić information content (AvgIpc) is 2.66. The van der Waals surface area contributed by atoms with Crippen molar-refractivity contribution >= 4 is 19.7 Å². The molecule has 1 aromatic carbocycles. The van der Waals surface area contributed by atoms with Gasteiger partial charge in [0.2, 0.25) is 0 Å². The molecule has 1 aromatic rings. The van der Waals surface area contributed by atoms with Gasteiger partial charge in [0.1, 0.15) is 0 Å². The van der Waals surface area contributed by atoms with Gasteiger partial charge in [-0.15, -0.1) is 0 Å². The van der Waals surface area contributed by atoms with Crippen LogP contribution in [0.1, 0.15) is 11.7 Å². The summed E-state index contributed by atoms with van der Waals surface area (Å²) in [7, 11) is 0. The Labute approximate surface area is 95.8 Å². The van der Waals surface area contributed by atoms with E-state index in [0.717, 1.165) is 22.2 Å². The number of aliphatic hydroxyl groups is 1. The molecule has 0 aliphatic carbocycles. The van der Waals surface area contributed by atoms with E-state index in [2.05, 4.69) is 0 Å². The molecule has 4 heteroatoms. The molecule has 3 nitrogen and oxygen atoms in total. The first-order valence-corrected chi connectivity index (χ1v) is 7.03. The van der Waals surface area contributed by atoms with Crippen molar-refractivity contribution in [3.63, 3.8) is 0 Å². The molecule has 80 valence electrons. The van der Waals surface area contributed by atoms with Crippen LogP contribution in [0, 0.1) is 5.41 Å². The Morgan fingerprint density at radius 2 is 2.13 bits per heavy atom. The SMILES string of the molecule is N=C1[Se]CCN1CC(O)c1ccccc1. The summed E-state index contributed by atoms with van der Waals surface area (Å²) >= 11 is 0.330. The summed E-state index contributed by atoms with van der Waals surface area (Å²) in [6.45, 7) is 1.49. The average molecular weight is 269 g/mol. The van der Waals surface area contributed by atoms with Gasteiger partial charge in [-0.3, -0.25) is 0 Å². The molecule has 0 spiro atoms. The number of amidine groups is 1. The van der Waals surface area contributed by atoms with E-state index < -0.39 is 6.10 Å². The van der Waals surface area contributed by atoms with Crippen LogP contribution in [0.3, 0.4) is 0 Å². The molecule has 0 bridgehead atoms. The van der Waals surface area contributed by atoms with Crippen molar-refractivity contribution in [3.8, 4) is 0 Å². The monoisotopic (exact) mass is 270 g/mol. The molecule has 1 aliphatic rings. The molecule has 1 fully saturated rings. The van der Waals surface area contributed by atoms with Crippen LogP contribution in [0.25, 0.3) is 0 Å². The third kappa shape index (κ3) is 2.59. The van der Waals surface area contributed by atoms with Gasteiger partial charge in [-0.25, -0.2) is 0 Å². The predicted octanol–water partition coefficient (Wildman–Crippen LogP) is 1.09. The molecule has 0 aromatic heterocycles. The Morgan fingerprint density at radius 3 is 2.73 bits per heavy atom. The molecule has 1 heterocycles. The van der Waals surface area contributed by atoms with Crippen LogP contribution in [-0.2, 0) is 0 Å². The molecule has 1 unspecified atom stereocenters. The Kier molecular flexibility index (Phi) is 3.41. The number of rotatable bonds is 3. The number of hydrogen-bond acceptors (Lipinski definition) is 2. The zero-order valence-corrected chi connectivity index (χ0v) is 10.1. The van der Waals surface area contributed by atoms with Gasteiger partial charge in [0.25, 0.3) is 0 Å². The third-order valence-electron chi connectivity index (χ3n) is 2.46. The number of β-amino-alcohol motifs (C(OH)–C–C–N with tert-alkyl or cyclic N) is 1. The van der Waals surface area contributed by atoms with E-state index in [1.165, 1.54) is 0 Å². The Morgan fingerprint density at radius 1 is 1.40 bits per heavy atom. The molecule has 2 rings (SSSR count). The first-order chi connectivity index (χ1) is 7.27. The zero-order valence-electron chi connectivity index (χ0n) is 8.39. The number of benzene rings is 1. The van der Waals surface area contributed by atoms with E-state index in [4.69, 9.17) is 5.41 Å². The second kappa shape index (κ2) is 4.79. The third-order valence-corrected chi connectivity index (χ3v) is 4.39. The Hall–Kier alpha value is -0.831. The van der Waals surface area contributed by atoms with Gasteiger partial charge in [0.05, 0.1) is 0 Å². The minimum atomic E-state index is -0.472. The quantitative estimate of drug-likeness (QED) is 0.807. The second-order valence-corrected chi connectivity index (χ2v) is 5.80. The van der Waals surface area contributed by atoms with Crippen molar-refractivity contribution in [2.75, 3.05) is 13.1 Å². The second-order valence-electron chi connectivity index (χ2n) is 3.53. The summed E-state index contributed by atoms with van der Waals surface area (Å²) in [5.74, 6) is 0. The molecule has 1 aliphatic heterocycles. The molecular formula is C11H14N2OSe. The summed E-state index contributed by atoms with van der Waals surface area (Å²) in [5.41, 5.74) is 0.935. The zero-order chi connectivity index (χ0) is 10.7. The van der Waals surface area contributed by atoms with E-state index in [-0.39, 0.29) is 0 Å². The predicted molar refractivity (Wildman–Crippen MR) is 61.3 cm³/mol. The normalized spacial score (nSPS) is 18.2. The van der Waals surface area contributed by atoms with E-state index in [1.54, 1.807) is 0 Å². The Balaban J connectivity index is 1.98. The fourth-order valence-corrected chi connectivity index (χ4v) is 3.40. The van der Waals surface area contributed by atoms with Crippen molar-refractivity contribution < 1.29 is 5.11 Å². The molecule has 1 atom stereocenters. The summed E-state index contributed by atoms with van der Waals surface area (Å²) in [5, 5.41) is 18.8. The summed E-state index contributed by atoms with van der Waals surface area (Å²) in [6.07, 6.45) is -0.472. The van der Waals surface area contributed by atoms with Crippen molar-refractivity contribution in [1.29, 1.82) is 5.41 Å². The van der Waals surface area contributed by atoms with Crippen LogP contribution in [0.15, 0.2) is 30.3 Å². The molecule has 0 radical (unpaired) electrons. The first kappa shape index (κ1) is 10.7. The van der Waals surface area contributed by atoms with Crippen molar-refractivity contribution in [2.24, 2.45) is 0 Å². The van der Waals surface area contributed by atoms with Crippen LogP contribution in [0.2, 0.25) is 5.32 Å². The summed E-state index contributed by atoms with van der Waals surface area (Å²) < 4.78 is 0.720. The number of nitrogens with one attached hydrogen (secondary N) is 1. The van der Waals surface area contributed by atoms with Crippen molar-refractivity contribution in [2.45, 2.75) is 11.4 Å². The molecule has 2 N–H and O–H groups in total. The first-order valence-electron chi connectivity index (χ1n) is 4.96. The number of aliphatic hydroxyl groups excluding tert-OH is 1. The number of nitrogens with zero attached hydrogens (tertiary/aromatic N) is 1. The van der Waals surface area contributed by atoms with Crippen LogP contribution in [0.4, 0.5) is 0 Å². The van der Waals surface area contributed by atoms with Gasteiger partial charge in [0.15, 0.2) is 0 Å². The van der Waals surface area contributed by atoms with Crippen molar-refractivity contribution in [1.82, 2.24) is 4.90 Å². The molecular weight excluding hydrogens is 255 g/mol.